The van der Waals surface area contributed by atoms with Gasteiger partial charge in [-0.1, -0.05) is 176 Å². The van der Waals surface area contributed by atoms with Crippen LogP contribution in [0.15, 0.2) is 192 Å². The van der Waals surface area contributed by atoms with Crippen LogP contribution in [0.4, 0.5) is 0 Å². The Bertz CT molecular complexity index is 2810. The van der Waals surface area contributed by atoms with Gasteiger partial charge < -0.3 is 0 Å². The summed E-state index contributed by atoms with van der Waals surface area (Å²) in [6.45, 7) is 0. The standard InChI is InChI=1S/C49H30N4S/c1-3-14-31(15-4-1)46-51-47(32-16-5-2-6-17-32)53-48(52-46)39-23-13-27-43-45(39)54-44-38(35-21-11-18-33-30-50-29-28-34(33)35)22-12-26-42(44)49(43)40-24-9-7-19-36(40)37-20-8-10-25-41(37)49/h1-30H. The lowest BCUT2D eigenvalue weighted by molar-refractivity contribution is 0.723. The zero-order valence-electron chi connectivity index (χ0n) is 29.0. The first kappa shape index (κ1) is 30.9. The second-order valence-corrected chi connectivity index (χ2v) is 14.8. The summed E-state index contributed by atoms with van der Waals surface area (Å²) in [6.07, 6.45) is 3.84. The summed E-state index contributed by atoms with van der Waals surface area (Å²) in [5, 5.41) is 2.30. The molecule has 1 aliphatic heterocycles. The molecule has 0 saturated carbocycles. The highest BCUT2D eigenvalue weighted by atomic mass is 32.2. The van der Waals surface area contributed by atoms with Gasteiger partial charge in [0, 0.05) is 44.3 Å². The smallest absolute Gasteiger partial charge is 0.165 e. The van der Waals surface area contributed by atoms with Crippen molar-refractivity contribution in [2.75, 3.05) is 0 Å². The van der Waals surface area contributed by atoms with Gasteiger partial charge in [0.2, 0.25) is 0 Å². The van der Waals surface area contributed by atoms with Crippen molar-refractivity contribution in [3.63, 3.8) is 0 Å². The van der Waals surface area contributed by atoms with E-state index in [4.69, 9.17) is 15.0 Å². The molecule has 7 aromatic carbocycles. The molecule has 0 radical (unpaired) electrons. The lowest BCUT2D eigenvalue weighted by Crippen LogP contribution is -2.32. The molecule has 1 aliphatic carbocycles. The van der Waals surface area contributed by atoms with Crippen LogP contribution in [0, 0.1) is 0 Å². The van der Waals surface area contributed by atoms with E-state index >= 15 is 0 Å². The molecule has 2 aromatic heterocycles. The summed E-state index contributed by atoms with van der Waals surface area (Å²) >= 11 is 1.83. The SMILES string of the molecule is c1ccc(-c2nc(-c3ccccc3)nc(-c3cccc4c3Sc3c(-c5cccc6cnccc56)cccc3C43c4ccccc4-c4ccccc43)n2)cc1. The second-order valence-electron chi connectivity index (χ2n) is 13.7. The molecule has 4 nitrogen and oxygen atoms in total. The number of hydrogen-bond acceptors (Lipinski definition) is 5. The normalized spacial score (nSPS) is 13.3. The molecule has 1 spiro atoms. The Morgan fingerprint density at radius 1 is 0.370 bits per heavy atom. The average molecular weight is 707 g/mol. The predicted molar refractivity (Wildman–Crippen MR) is 218 cm³/mol. The second kappa shape index (κ2) is 12.2. The largest absolute Gasteiger partial charge is 0.264 e. The van der Waals surface area contributed by atoms with Crippen molar-refractivity contribution < 1.29 is 0 Å². The fraction of sp³-hybridized carbons (Fsp3) is 0.0204. The van der Waals surface area contributed by atoms with Crippen LogP contribution in [0.2, 0.25) is 0 Å². The molecule has 5 heteroatoms. The van der Waals surface area contributed by atoms with Crippen LogP contribution >= 0.6 is 11.8 Å². The molecule has 0 saturated heterocycles. The first-order valence-corrected chi connectivity index (χ1v) is 19.0. The minimum atomic E-state index is -0.571. The van der Waals surface area contributed by atoms with Crippen molar-refractivity contribution in [3.8, 4) is 56.4 Å². The quantitative estimate of drug-likeness (QED) is 0.182. The third-order valence-corrected chi connectivity index (χ3v) is 12.2. The molecular formula is C49H30N4S. The third kappa shape index (κ3) is 4.52. The maximum Gasteiger partial charge on any atom is 0.165 e. The highest BCUT2D eigenvalue weighted by molar-refractivity contribution is 7.99. The molecule has 3 heterocycles. The summed E-state index contributed by atoms with van der Waals surface area (Å²) in [5.74, 6) is 1.95. The molecule has 252 valence electrons. The minimum Gasteiger partial charge on any atom is -0.264 e. The molecular weight excluding hydrogens is 677 g/mol. The Hall–Kier alpha value is -6.69. The van der Waals surface area contributed by atoms with Gasteiger partial charge in [0.25, 0.3) is 0 Å². The number of pyridine rings is 1. The van der Waals surface area contributed by atoms with Gasteiger partial charge in [0.05, 0.1) is 5.41 Å². The van der Waals surface area contributed by atoms with Crippen LogP contribution in [0.3, 0.4) is 0 Å². The molecule has 0 fully saturated rings. The van der Waals surface area contributed by atoms with Crippen LogP contribution in [0.1, 0.15) is 22.3 Å². The topological polar surface area (TPSA) is 51.6 Å². The summed E-state index contributed by atoms with van der Waals surface area (Å²) < 4.78 is 0. The summed E-state index contributed by atoms with van der Waals surface area (Å²) in [5.41, 5.74) is 12.3. The Morgan fingerprint density at radius 3 is 1.50 bits per heavy atom. The monoisotopic (exact) mass is 706 g/mol. The van der Waals surface area contributed by atoms with E-state index in [-0.39, 0.29) is 0 Å². The molecule has 2 aliphatic rings. The third-order valence-electron chi connectivity index (χ3n) is 10.9. The van der Waals surface area contributed by atoms with Crippen molar-refractivity contribution >= 4 is 22.5 Å². The maximum atomic E-state index is 5.25. The van der Waals surface area contributed by atoms with Gasteiger partial charge >= 0.3 is 0 Å². The van der Waals surface area contributed by atoms with E-state index < -0.39 is 5.41 Å². The van der Waals surface area contributed by atoms with E-state index in [1.54, 1.807) is 0 Å². The lowest BCUT2D eigenvalue weighted by Gasteiger charge is -2.41. The van der Waals surface area contributed by atoms with Crippen LogP contribution in [-0.2, 0) is 5.41 Å². The number of hydrogen-bond donors (Lipinski definition) is 0. The van der Waals surface area contributed by atoms with E-state index in [0.717, 1.165) is 27.0 Å². The fourth-order valence-corrected chi connectivity index (χ4v) is 10.0. The van der Waals surface area contributed by atoms with E-state index in [1.807, 2.05) is 60.6 Å². The molecule has 0 amide bonds. The zero-order valence-corrected chi connectivity index (χ0v) is 29.8. The molecule has 9 aromatic rings. The molecule has 0 unspecified atom stereocenters. The number of aromatic nitrogens is 4. The van der Waals surface area contributed by atoms with E-state index in [2.05, 4.69) is 138 Å². The van der Waals surface area contributed by atoms with Crippen LogP contribution < -0.4 is 0 Å². The molecule has 54 heavy (non-hydrogen) atoms. The van der Waals surface area contributed by atoms with Gasteiger partial charge in [-0.15, -0.1) is 0 Å². The molecule has 0 atom stereocenters. The van der Waals surface area contributed by atoms with Gasteiger partial charge in [-0.2, -0.15) is 0 Å². The van der Waals surface area contributed by atoms with Crippen LogP contribution in [0.5, 0.6) is 0 Å². The molecule has 11 rings (SSSR count). The first-order chi connectivity index (χ1) is 26.8. The Labute approximate surface area is 317 Å². The number of rotatable bonds is 4. The van der Waals surface area contributed by atoms with Gasteiger partial charge in [-0.25, -0.2) is 15.0 Å². The van der Waals surface area contributed by atoms with Crippen molar-refractivity contribution in [2.24, 2.45) is 0 Å². The predicted octanol–water partition coefficient (Wildman–Crippen LogP) is 11.9. The number of benzene rings is 7. The Balaban J connectivity index is 1.24. The van der Waals surface area contributed by atoms with Crippen molar-refractivity contribution in [1.29, 1.82) is 0 Å². The first-order valence-electron chi connectivity index (χ1n) is 18.1. The fourth-order valence-electron chi connectivity index (χ4n) is 8.62. The maximum absolute atomic E-state index is 5.25. The van der Waals surface area contributed by atoms with Crippen molar-refractivity contribution in [2.45, 2.75) is 15.2 Å². The van der Waals surface area contributed by atoms with Crippen molar-refractivity contribution in [1.82, 2.24) is 19.9 Å². The highest BCUT2D eigenvalue weighted by Crippen LogP contribution is 2.64. The van der Waals surface area contributed by atoms with Crippen LogP contribution in [-0.4, -0.2) is 19.9 Å². The number of fused-ring (bicyclic) bond motifs is 10. The lowest BCUT2D eigenvalue weighted by atomic mass is 9.66. The van der Waals surface area contributed by atoms with Crippen LogP contribution in [0.25, 0.3) is 67.2 Å². The average Bonchev–Trinajstić information content (AvgIpc) is 3.54. The number of nitrogens with zero attached hydrogens (tertiary/aromatic N) is 4. The summed E-state index contributed by atoms with van der Waals surface area (Å²) in [4.78, 5) is 22.3. The molecule has 0 bridgehead atoms. The molecule has 0 N–H and O–H groups in total. The van der Waals surface area contributed by atoms with Gasteiger partial charge in [0.15, 0.2) is 17.5 Å². The summed E-state index contributed by atoms with van der Waals surface area (Å²) in [6, 6.07) is 60.5. The van der Waals surface area contributed by atoms with Gasteiger partial charge in [-0.05, 0) is 56.0 Å². The summed E-state index contributed by atoms with van der Waals surface area (Å²) in [7, 11) is 0. The van der Waals surface area contributed by atoms with E-state index in [0.29, 0.717) is 17.5 Å². The Morgan fingerprint density at radius 2 is 0.852 bits per heavy atom. The van der Waals surface area contributed by atoms with Gasteiger partial charge in [-0.3, -0.25) is 4.98 Å². The minimum absolute atomic E-state index is 0.571. The van der Waals surface area contributed by atoms with Gasteiger partial charge in [0.1, 0.15) is 0 Å². The highest BCUT2D eigenvalue weighted by Gasteiger charge is 2.51. The zero-order chi connectivity index (χ0) is 35.6. The Kier molecular flexibility index (Phi) is 6.97. The van der Waals surface area contributed by atoms with E-state index in [9.17, 15) is 0 Å². The van der Waals surface area contributed by atoms with E-state index in [1.165, 1.54) is 54.8 Å². The van der Waals surface area contributed by atoms with Crippen molar-refractivity contribution in [3.05, 3.63) is 205 Å².